The molecule has 0 saturated carbocycles. The van der Waals surface area contributed by atoms with Crippen LogP contribution in [-0.2, 0) is 18.4 Å². The molecule has 2 rings (SSSR count). The molecule has 0 bridgehead atoms. The number of hydrogen-bond acceptors (Lipinski definition) is 3. The van der Waals surface area contributed by atoms with E-state index < -0.39 is 0 Å². The first-order valence-electron chi connectivity index (χ1n) is 6.20. The molecular weight excluding hydrogens is 216 g/mol. The van der Waals surface area contributed by atoms with Gasteiger partial charge in [-0.15, -0.1) is 0 Å². The van der Waals surface area contributed by atoms with Crippen LogP contribution in [0.4, 0.5) is 0 Å². The van der Waals surface area contributed by atoms with Gasteiger partial charge in [-0.3, -0.25) is 9.48 Å². The minimum absolute atomic E-state index is 0.139. The predicted octanol–water partition coefficient (Wildman–Crippen LogP) is 0.426. The molecular formula is C12H20N4O. The zero-order valence-corrected chi connectivity index (χ0v) is 10.3. The van der Waals surface area contributed by atoms with Crippen LogP contribution in [0.2, 0.25) is 0 Å². The fourth-order valence-electron chi connectivity index (χ4n) is 2.20. The van der Waals surface area contributed by atoms with E-state index >= 15 is 0 Å². The van der Waals surface area contributed by atoms with Crippen molar-refractivity contribution in [1.82, 2.24) is 20.4 Å². The maximum atomic E-state index is 11.7. The fourth-order valence-corrected chi connectivity index (χ4v) is 2.20. The third-order valence-corrected chi connectivity index (χ3v) is 3.26. The molecule has 2 heterocycles. The van der Waals surface area contributed by atoms with Gasteiger partial charge in [0.05, 0.1) is 12.2 Å². The molecule has 1 aliphatic heterocycles. The molecule has 5 heteroatoms. The molecule has 0 aliphatic carbocycles. The third kappa shape index (κ3) is 3.56. The van der Waals surface area contributed by atoms with Gasteiger partial charge in [0.25, 0.3) is 0 Å². The van der Waals surface area contributed by atoms with Gasteiger partial charge in [-0.25, -0.2) is 0 Å². The molecule has 1 saturated heterocycles. The Balaban J connectivity index is 1.72. The van der Waals surface area contributed by atoms with Crippen LogP contribution in [0, 0.1) is 5.92 Å². The summed E-state index contributed by atoms with van der Waals surface area (Å²) < 4.78 is 1.78. The van der Waals surface area contributed by atoms with E-state index in [1.54, 1.807) is 10.9 Å². The molecule has 2 N–H and O–H groups in total. The van der Waals surface area contributed by atoms with Crippen LogP contribution in [0.25, 0.3) is 0 Å². The van der Waals surface area contributed by atoms with E-state index in [0.717, 1.165) is 25.2 Å². The van der Waals surface area contributed by atoms with E-state index in [-0.39, 0.29) is 5.91 Å². The zero-order chi connectivity index (χ0) is 12.1. The van der Waals surface area contributed by atoms with Gasteiger partial charge >= 0.3 is 0 Å². The summed E-state index contributed by atoms with van der Waals surface area (Å²) in [6.45, 7) is 2.63. The Kier molecular flexibility index (Phi) is 4.14. The predicted molar refractivity (Wildman–Crippen MR) is 65.3 cm³/mol. The van der Waals surface area contributed by atoms with Crippen molar-refractivity contribution in [2.45, 2.75) is 25.8 Å². The third-order valence-electron chi connectivity index (χ3n) is 3.26. The Morgan fingerprint density at radius 2 is 2.59 bits per heavy atom. The lowest BCUT2D eigenvalue weighted by atomic mass is 9.96. The van der Waals surface area contributed by atoms with Crippen molar-refractivity contribution < 1.29 is 4.79 Å². The molecule has 1 aromatic heterocycles. The van der Waals surface area contributed by atoms with E-state index in [9.17, 15) is 4.79 Å². The summed E-state index contributed by atoms with van der Waals surface area (Å²) in [6, 6.07) is 1.92. The van der Waals surface area contributed by atoms with Crippen molar-refractivity contribution in [2.24, 2.45) is 13.0 Å². The summed E-state index contributed by atoms with van der Waals surface area (Å²) in [5, 5.41) is 10.3. The summed E-state index contributed by atoms with van der Waals surface area (Å²) in [4.78, 5) is 11.7. The van der Waals surface area contributed by atoms with Gasteiger partial charge in [-0.05, 0) is 37.9 Å². The number of amides is 1. The SMILES string of the molecule is Cn1nccc1CNC(=O)CC1CCCNC1. The highest BCUT2D eigenvalue weighted by molar-refractivity contribution is 5.76. The summed E-state index contributed by atoms with van der Waals surface area (Å²) in [5.74, 6) is 0.634. The quantitative estimate of drug-likeness (QED) is 0.797. The smallest absolute Gasteiger partial charge is 0.220 e. The maximum Gasteiger partial charge on any atom is 0.220 e. The molecule has 1 unspecified atom stereocenters. The molecule has 17 heavy (non-hydrogen) atoms. The van der Waals surface area contributed by atoms with Crippen molar-refractivity contribution in [3.05, 3.63) is 18.0 Å². The monoisotopic (exact) mass is 236 g/mol. The Morgan fingerprint density at radius 1 is 1.71 bits per heavy atom. The zero-order valence-electron chi connectivity index (χ0n) is 10.3. The summed E-state index contributed by atoms with van der Waals surface area (Å²) in [7, 11) is 1.88. The Bertz CT molecular complexity index is 368. The van der Waals surface area contributed by atoms with E-state index in [1.165, 1.54) is 6.42 Å². The van der Waals surface area contributed by atoms with E-state index in [0.29, 0.717) is 18.9 Å². The van der Waals surface area contributed by atoms with Crippen LogP contribution >= 0.6 is 0 Å². The molecule has 0 aromatic carbocycles. The average molecular weight is 236 g/mol. The van der Waals surface area contributed by atoms with Crippen molar-refractivity contribution >= 4 is 5.91 Å². The number of hydrogen-bond donors (Lipinski definition) is 2. The number of rotatable bonds is 4. The summed E-state index contributed by atoms with van der Waals surface area (Å²) >= 11 is 0. The van der Waals surface area contributed by atoms with Crippen LogP contribution in [-0.4, -0.2) is 28.8 Å². The molecule has 1 atom stereocenters. The lowest BCUT2D eigenvalue weighted by molar-refractivity contribution is -0.122. The van der Waals surface area contributed by atoms with Gasteiger partial charge in [-0.2, -0.15) is 5.10 Å². The van der Waals surface area contributed by atoms with Crippen LogP contribution < -0.4 is 10.6 Å². The van der Waals surface area contributed by atoms with Gasteiger partial charge in [0.1, 0.15) is 0 Å². The number of nitrogens with one attached hydrogen (secondary N) is 2. The summed E-state index contributed by atoms with van der Waals surface area (Å²) in [6.07, 6.45) is 4.71. The van der Waals surface area contributed by atoms with Crippen molar-refractivity contribution in [3.63, 3.8) is 0 Å². The van der Waals surface area contributed by atoms with Crippen molar-refractivity contribution in [3.8, 4) is 0 Å². The average Bonchev–Trinajstić information content (AvgIpc) is 2.74. The second kappa shape index (κ2) is 5.82. The first kappa shape index (κ1) is 12.1. The lowest BCUT2D eigenvalue weighted by Crippen LogP contribution is -2.34. The van der Waals surface area contributed by atoms with Crippen LogP contribution in [0.3, 0.4) is 0 Å². The van der Waals surface area contributed by atoms with E-state index in [2.05, 4.69) is 15.7 Å². The van der Waals surface area contributed by atoms with Crippen LogP contribution in [0.15, 0.2) is 12.3 Å². The van der Waals surface area contributed by atoms with Gasteiger partial charge in [-0.1, -0.05) is 0 Å². The number of aromatic nitrogens is 2. The van der Waals surface area contributed by atoms with E-state index in [1.807, 2.05) is 13.1 Å². The fraction of sp³-hybridized carbons (Fsp3) is 0.667. The van der Waals surface area contributed by atoms with Gasteiger partial charge < -0.3 is 10.6 Å². The summed E-state index contributed by atoms with van der Waals surface area (Å²) in [5.41, 5.74) is 1.03. The molecule has 0 radical (unpaired) electrons. The Labute approximate surface area is 102 Å². The Morgan fingerprint density at radius 3 is 3.24 bits per heavy atom. The number of piperidine rings is 1. The van der Waals surface area contributed by atoms with E-state index in [4.69, 9.17) is 0 Å². The highest BCUT2D eigenvalue weighted by Gasteiger charge is 2.16. The highest BCUT2D eigenvalue weighted by Crippen LogP contribution is 2.13. The normalized spacial score (nSPS) is 20.2. The lowest BCUT2D eigenvalue weighted by Gasteiger charge is -2.22. The second-order valence-electron chi connectivity index (χ2n) is 4.64. The first-order chi connectivity index (χ1) is 8.25. The van der Waals surface area contributed by atoms with Crippen molar-refractivity contribution in [1.29, 1.82) is 0 Å². The van der Waals surface area contributed by atoms with Gasteiger partial charge in [0, 0.05) is 19.7 Å². The minimum Gasteiger partial charge on any atom is -0.350 e. The number of nitrogens with zero attached hydrogens (tertiary/aromatic N) is 2. The molecule has 1 aliphatic rings. The minimum atomic E-state index is 0.139. The Hall–Kier alpha value is -1.36. The molecule has 1 amide bonds. The highest BCUT2D eigenvalue weighted by atomic mass is 16.1. The first-order valence-corrected chi connectivity index (χ1v) is 6.20. The number of aryl methyl sites for hydroxylation is 1. The molecule has 1 aromatic rings. The van der Waals surface area contributed by atoms with Gasteiger partial charge in [0.2, 0.25) is 5.91 Å². The molecule has 5 nitrogen and oxygen atoms in total. The topological polar surface area (TPSA) is 59.0 Å². The molecule has 1 fully saturated rings. The van der Waals surface area contributed by atoms with Crippen LogP contribution in [0.5, 0.6) is 0 Å². The largest absolute Gasteiger partial charge is 0.350 e. The van der Waals surface area contributed by atoms with Crippen molar-refractivity contribution in [2.75, 3.05) is 13.1 Å². The van der Waals surface area contributed by atoms with Crippen LogP contribution in [0.1, 0.15) is 25.0 Å². The number of carbonyl (C=O) groups excluding carboxylic acids is 1. The molecule has 0 spiro atoms. The standard InChI is InChI=1S/C12H20N4O/c1-16-11(4-6-15-16)9-14-12(17)7-10-3-2-5-13-8-10/h4,6,10,13H,2-3,5,7-9H2,1H3,(H,14,17). The number of carbonyl (C=O) groups is 1. The molecule has 94 valence electrons. The van der Waals surface area contributed by atoms with Gasteiger partial charge in [0.15, 0.2) is 0 Å². The maximum absolute atomic E-state index is 11.7. The second-order valence-corrected chi connectivity index (χ2v) is 4.64.